The van der Waals surface area contributed by atoms with Crippen molar-refractivity contribution < 1.29 is 0 Å². The summed E-state index contributed by atoms with van der Waals surface area (Å²) in [6.07, 6.45) is 13.4. The average molecular weight is 1860 g/mol. The van der Waals surface area contributed by atoms with Crippen molar-refractivity contribution in [1.29, 1.82) is 0 Å². The summed E-state index contributed by atoms with van der Waals surface area (Å²) in [5.74, 6) is 1.71. The number of hydrogen-bond acceptors (Lipinski definition) is 12. The Balaban J connectivity index is 0.0000000868. The van der Waals surface area contributed by atoms with Crippen LogP contribution in [-0.4, -0.2) is 53.0 Å². The Kier molecular flexibility index (Phi) is 19.5. The highest BCUT2D eigenvalue weighted by atomic mass is 32.1. The van der Waals surface area contributed by atoms with E-state index in [4.69, 9.17) is 9.97 Å². The summed E-state index contributed by atoms with van der Waals surface area (Å²) in [6, 6.07) is 132. The fraction of sp³-hybridized carbons (Fsp3) is 0. The third kappa shape index (κ3) is 13.7. The summed E-state index contributed by atoms with van der Waals surface area (Å²) in [7, 11) is 0. The molecule has 0 saturated carbocycles. The van der Waals surface area contributed by atoms with Crippen LogP contribution in [0.25, 0.3) is 252 Å². The van der Waals surface area contributed by atoms with Crippen LogP contribution in [0.1, 0.15) is 0 Å². The number of para-hydroxylation sites is 5. The summed E-state index contributed by atoms with van der Waals surface area (Å²) in [4.78, 5) is 18.4. The monoisotopic (exact) mass is 1860 g/mol. The maximum Gasteiger partial charge on any atom is 0.168 e. The van der Waals surface area contributed by atoms with Crippen molar-refractivity contribution >= 4 is 270 Å². The Bertz CT molecular complexity index is 9910. The zero-order chi connectivity index (χ0) is 90.1. The molecule has 0 spiro atoms. The number of rotatable bonds is 7. The van der Waals surface area contributed by atoms with Gasteiger partial charge in [-0.25, -0.2) is 4.98 Å². The van der Waals surface area contributed by atoms with Gasteiger partial charge < -0.3 is 13.7 Å². The third-order valence-electron chi connectivity index (χ3n) is 26.6. The predicted molar refractivity (Wildman–Crippen MR) is 586 cm³/mol. The van der Waals surface area contributed by atoms with Gasteiger partial charge in [0.15, 0.2) is 11.6 Å². The van der Waals surface area contributed by atoms with Gasteiger partial charge in [-0.05, 0) is 216 Å². The molecule has 15 aromatic heterocycles. The highest BCUT2D eigenvalue weighted by molar-refractivity contribution is 7.21. The summed E-state index contributed by atoms with van der Waals surface area (Å²) in [5, 5.41) is 48.5. The molecule has 644 valence electrons. The average Bonchev–Trinajstić information content (AvgIpc) is 1.60. The van der Waals surface area contributed by atoms with E-state index in [0.717, 1.165) is 72.2 Å². The molecule has 17 heteroatoms. The smallest absolute Gasteiger partial charge is 0.168 e. The van der Waals surface area contributed by atoms with Crippen LogP contribution in [0.5, 0.6) is 0 Å². The molecule has 16 aromatic carbocycles. The van der Waals surface area contributed by atoms with Crippen molar-refractivity contribution in [2.75, 3.05) is 0 Å². The van der Waals surface area contributed by atoms with E-state index in [1.54, 1.807) is 45.3 Å². The first-order valence-corrected chi connectivity index (χ1v) is 50.5. The molecule has 0 amide bonds. The quantitative estimate of drug-likeness (QED) is 0.158. The molecule has 0 radical (unpaired) electrons. The van der Waals surface area contributed by atoms with Crippen LogP contribution in [0.2, 0.25) is 0 Å². The standard InChI is InChI=1S/C29H18N2S.C24H15N3S.C23H14N2S.C22H13N3S.C22H13NS2/c1-2-6-23-21(5-1)17-30-18-26(23)19-9-11-22(12-10-19)31-27-8-4-3-7-24(27)25-15-20-13-14-32-29(20)16-28(25)31;1-2-6-16(7-3-1)20-14-26-24(15-25-20)27-21-9-5-4-8-18(21)19-12-17-10-11-28-23(17)13-22(19)27;1-2-6-17-16(5-1)13-24-14-22(17)25-20-8-4-3-7-18(20)19-11-15-9-10-26-23(15)12-21(19)25;1-2-6-16-15(5-1)13-23-24-22(16)25-19-8-4-3-7-17(19)18-11-14-9-10-26-21(14)12-20(18)25;1-4-8-20-14(5-1)12-22(25-20)23-18-7-3-2-6-16(18)17-11-15-9-10-24-21(15)13-19(17)23/h1-18H;1-15H;1-14H;1-13H;1-13H. The number of hydrogen-bond donors (Lipinski definition) is 0. The first kappa shape index (κ1) is 80.2. The van der Waals surface area contributed by atoms with Crippen molar-refractivity contribution in [2.24, 2.45) is 0 Å². The van der Waals surface area contributed by atoms with Gasteiger partial charge in [-0.3, -0.25) is 24.1 Å². The lowest BCUT2D eigenvalue weighted by Crippen LogP contribution is -2.00. The van der Waals surface area contributed by atoms with Crippen LogP contribution in [0.3, 0.4) is 0 Å². The number of aromatic nitrogens is 11. The van der Waals surface area contributed by atoms with Crippen LogP contribution in [-0.2, 0) is 0 Å². The highest BCUT2D eigenvalue weighted by Crippen LogP contribution is 2.46. The molecule has 0 saturated heterocycles. The van der Waals surface area contributed by atoms with Gasteiger partial charge in [0.1, 0.15) is 5.00 Å². The SMILES string of the molecule is c1ccc(-c2cnc(-n3c4ccccc4c4cc5ccsc5cc43)cn2)cc1.c1ccc2c(-c3ccc(-n4c5ccccc5c5cc6ccsc6cc54)cc3)cncc2c1.c1ccc2c(-n3c4ccccc4c4cc5ccsc5cc43)cncc2c1.c1ccc2c(-n3c4ccccc4c4cc5ccsc5cc43)nncc2c1.c1ccc2sc(-n3c4ccccc4c4cc5ccsc5cc43)cc2c1. The van der Waals surface area contributed by atoms with Crippen LogP contribution < -0.4 is 0 Å². The van der Waals surface area contributed by atoms with E-state index >= 15 is 0 Å². The predicted octanol–water partition coefficient (Wildman–Crippen LogP) is 34.4. The summed E-state index contributed by atoms with van der Waals surface area (Å²) < 4.78 is 19.5. The van der Waals surface area contributed by atoms with Gasteiger partial charge in [-0.1, -0.05) is 224 Å². The van der Waals surface area contributed by atoms with Gasteiger partial charge >= 0.3 is 0 Å². The number of fused-ring (bicyclic) bond motifs is 24. The molecule has 31 aromatic rings. The minimum Gasteiger partial charge on any atom is -0.309 e. The summed E-state index contributed by atoms with van der Waals surface area (Å²) in [5.41, 5.74) is 18.8. The molecule has 0 fully saturated rings. The molecule has 15 heterocycles. The molecule has 31 rings (SSSR count). The lowest BCUT2D eigenvalue weighted by Gasteiger charge is -2.10. The van der Waals surface area contributed by atoms with E-state index in [1.165, 1.54) is 180 Å². The van der Waals surface area contributed by atoms with E-state index in [2.05, 4.69) is 416 Å². The van der Waals surface area contributed by atoms with Crippen LogP contribution >= 0.6 is 68.0 Å². The minimum atomic E-state index is 0.835. The molecule has 0 aliphatic rings. The van der Waals surface area contributed by atoms with E-state index in [9.17, 15) is 0 Å². The minimum absolute atomic E-state index is 0.835. The fourth-order valence-corrected chi connectivity index (χ4v) is 25.4. The molecule has 0 aliphatic heterocycles. The number of benzene rings is 16. The summed E-state index contributed by atoms with van der Waals surface area (Å²) in [6.45, 7) is 0. The second-order valence-corrected chi connectivity index (χ2v) is 40.0. The van der Waals surface area contributed by atoms with Crippen molar-refractivity contribution in [3.05, 3.63) is 440 Å². The number of pyridine rings is 2. The number of thiophene rings is 6. The lowest BCUT2D eigenvalue weighted by atomic mass is 10.0. The molecule has 137 heavy (non-hydrogen) atoms. The van der Waals surface area contributed by atoms with E-state index in [1.807, 2.05) is 90.3 Å². The Morgan fingerprint density at radius 1 is 0.212 bits per heavy atom. The molecular weight excluding hydrogens is 1790 g/mol. The Labute approximate surface area is 806 Å². The Morgan fingerprint density at radius 2 is 0.591 bits per heavy atom. The van der Waals surface area contributed by atoms with Crippen LogP contribution in [0.15, 0.2) is 440 Å². The first-order valence-electron chi connectivity index (χ1n) is 45.3. The van der Waals surface area contributed by atoms with Gasteiger partial charge in [-0.15, -0.1) is 73.1 Å². The molecule has 0 bridgehead atoms. The molecule has 0 N–H and O–H groups in total. The van der Waals surface area contributed by atoms with E-state index < -0.39 is 0 Å². The van der Waals surface area contributed by atoms with Crippen molar-refractivity contribution in [2.45, 2.75) is 0 Å². The molecule has 11 nitrogen and oxygen atoms in total. The van der Waals surface area contributed by atoms with Crippen molar-refractivity contribution in [3.63, 3.8) is 0 Å². The van der Waals surface area contributed by atoms with Gasteiger partial charge in [0.2, 0.25) is 0 Å². The molecule has 0 aliphatic carbocycles. The fourth-order valence-electron chi connectivity index (χ4n) is 20.2. The summed E-state index contributed by atoms with van der Waals surface area (Å²) >= 11 is 10.8. The third-order valence-corrected chi connectivity index (χ3v) is 32.1. The topological polar surface area (TPSA) is 102 Å². The second kappa shape index (κ2) is 33.3. The molecule has 0 unspecified atom stereocenters. The van der Waals surface area contributed by atoms with E-state index in [-0.39, 0.29) is 0 Å². The normalized spacial score (nSPS) is 11.8. The molecular formula is C120H73N11S6. The largest absolute Gasteiger partial charge is 0.309 e. The van der Waals surface area contributed by atoms with Gasteiger partial charge in [0.05, 0.1) is 91.3 Å². The maximum atomic E-state index is 4.77. The van der Waals surface area contributed by atoms with Crippen molar-refractivity contribution in [3.8, 4) is 50.4 Å². The maximum absolute atomic E-state index is 4.77. The molecule has 0 atom stereocenters. The van der Waals surface area contributed by atoms with Gasteiger partial charge in [0.25, 0.3) is 0 Å². The zero-order valence-corrected chi connectivity index (χ0v) is 77.9. The lowest BCUT2D eigenvalue weighted by molar-refractivity contribution is 0.972. The zero-order valence-electron chi connectivity index (χ0n) is 73.0. The van der Waals surface area contributed by atoms with Crippen molar-refractivity contribution in [1.82, 2.24) is 53.0 Å². The first-order chi connectivity index (χ1) is 67.9. The Hall–Kier alpha value is -16.5. The van der Waals surface area contributed by atoms with Crippen LogP contribution in [0.4, 0.5) is 0 Å². The van der Waals surface area contributed by atoms with Gasteiger partial charge in [0, 0.05) is 144 Å². The second-order valence-electron chi connectivity index (χ2n) is 34.2. The van der Waals surface area contributed by atoms with Gasteiger partial charge in [-0.2, -0.15) is 5.10 Å². The van der Waals surface area contributed by atoms with Crippen LogP contribution in [0, 0.1) is 0 Å². The van der Waals surface area contributed by atoms with E-state index in [0.29, 0.717) is 0 Å². The Morgan fingerprint density at radius 3 is 1.09 bits per heavy atom. The highest BCUT2D eigenvalue weighted by Gasteiger charge is 2.23. The number of nitrogens with zero attached hydrogens (tertiary/aromatic N) is 11.